The predicted octanol–water partition coefficient (Wildman–Crippen LogP) is 6.97. The molecule has 2 N–H and O–H groups in total. The maximum absolute atomic E-state index is 13.4. The number of anilines is 1. The zero-order chi connectivity index (χ0) is 26.7. The van der Waals surface area contributed by atoms with E-state index in [1.54, 1.807) is 0 Å². The van der Waals surface area contributed by atoms with E-state index in [1.165, 1.54) is 6.07 Å². The van der Waals surface area contributed by atoms with Gasteiger partial charge in [0, 0.05) is 36.1 Å². The van der Waals surface area contributed by atoms with Crippen LogP contribution in [0.4, 0.5) is 32.0 Å². The Labute approximate surface area is 204 Å². The molecule has 0 amide bonds. The lowest BCUT2D eigenvalue weighted by Gasteiger charge is -2.21. The molecule has 1 unspecified atom stereocenters. The molecule has 0 spiro atoms. The first-order valence-corrected chi connectivity index (χ1v) is 11.0. The Hall–Kier alpha value is -3.37. The quantitative estimate of drug-likeness (QED) is 0.322. The van der Waals surface area contributed by atoms with E-state index >= 15 is 0 Å². The number of nitrogens with zero attached hydrogens (tertiary/aromatic N) is 2. The molecule has 0 aliphatic rings. The van der Waals surface area contributed by atoms with Gasteiger partial charge in [-0.05, 0) is 49.2 Å². The number of alkyl halides is 6. The molecule has 0 radical (unpaired) electrons. The summed E-state index contributed by atoms with van der Waals surface area (Å²) in [6.07, 6.45) is -7.66. The van der Waals surface area contributed by atoms with Gasteiger partial charge in [0.05, 0.1) is 17.2 Å². The van der Waals surface area contributed by atoms with Crippen molar-refractivity contribution < 1.29 is 31.4 Å². The lowest BCUT2D eigenvalue weighted by atomic mass is 9.99. The molecule has 1 atom stereocenters. The van der Waals surface area contributed by atoms with E-state index in [1.807, 2.05) is 55.3 Å². The van der Waals surface area contributed by atoms with Crippen molar-refractivity contribution in [2.24, 2.45) is 0 Å². The van der Waals surface area contributed by atoms with Crippen LogP contribution in [-0.2, 0) is 18.9 Å². The molecule has 0 aliphatic carbocycles. The van der Waals surface area contributed by atoms with Gasteiger partial charge < -0.3 is 15.3 Å². The summed E-state index contributed by atoms with van der Waals surface area (Å²) >= 11 is 0. The summed E-state index contributed by atoms with van der Waals surface area (Å²) in [6, 6.07) is 11.0. The first-order valence-electron chi connectivity index (χ1n) is 11.0. The number of rotatable bonds is 8. The van der Waals surface area contributed by atoms with E-state index in [0.29, 0.717) is 12.1 Å². The van der Waals surface area contributed by atoms with Crippen LogP contribution in [0, 0.1) is 0 Å². The number of hydrogen-bond donors (Lipinski definition) is 2. The Morgan fingerprint density at radius 3 is 2.31 bits per heavy atom. The maximum atomic E-state index is 13.4. The number of hydrogen-bond acceptors (Lipinski definition) is 4. The molecular formula is C26H25F6N3O. The third-order valence-corrected chi connectivity index (χ3v) is 5.42. The van der Waals surface area contributed by atoms with Gasteiger partial charge in [-0.1, -0.05) is 36.9 Å². The average Bonchev–Trinajstić information content (AvgIpc) is 2.80. The number of aliphatic hydroxyl groups is 1. The number of halogens is 6. The number of pyridine rings is 1. The summed E-state index contributed by atoms with van der Waals surface area (Å²) in [4.78, 5) is 5.13. The summed E-state index contributed by atoms with van der Waals surface area (Å²) in [6.45, 7) is 7.76. The molecule has 2 aromatic carbocycles. The summed E-state index contributed by atoms with van der Waals surface area (Å²) in [5, 5.41) is 13.4. The first-order chi connectivity index (χ1) is 16.8. The fourth-order valence-corrected chi connectivity index (χ4v) is 3.74. The summed E-state index contributed by atoms with van der Waals surface area (Å²) < 4.78 is 80.5. The van der Waals surface area contributed by atoms with Crippen molar-refractivity contribution in [3.05, 3.63) is 95.5 Å². The molecular weight excluding hydrogens is 484 g/mol. The van der Waals surface area contributed by atoms with Crippen LogP contribution in [0.2, 0.25) is 0 Å². The molecule has 3 aromatic rings. The largest absolute Gasteiger partial charge is 0.433 e. The van der Waals surface area contributed by atoms with Gasteiger partial charge in [0.2, 0.25) is 0 Å². The molecule has 36 heavy (non-hydrogen) atoms. The van der Waals surface area contributed by atoms with Gasteiger partial charge in [-0.15, -0.1) is 0 Å². The highest BCUT2D eigenvalue weighted by atomic mass is 19.4. The molecule has 0 fully saturated rings. The van der Waals surface area contributed by atoms with Crippen molar-refractivity contribution in [3.63, 3.8) is 0 Å². The highest BCUT2D eigenvalue weighted by molar-refractivity contribution is 5.86. The van der Waals surface area contributed by atoms with Crippen molar-refractivity contribution in [1.82, 2.24) is 10.3 Å². The van der Waals surface area contributed by atoms with Crippen LogP contribution in [-0.4, -0.2) is 16.6 Å². The second-order valence-corrected chi connectivity index (χ2v) is 8.19. The van der Waals surface area contributed by atoms with Crippen LogP contribution in [0.3, 0.4) is 0 Å². The van der Waals surface area contributed by atoms with E-state index < -0.39 is 35.2 Å². The van der Waals surface area contributed by atoms with E-state index in [4.69, 9.17) is 0 Å². The van der Waals surface area contributed by atoms with Crippen LogP contribution in [0.1, 0.15) is 42.3 Å². The Morgan fingerprint density at radius 2 is 1.75 bits per heavy atom. The minimum Gasteiger partial charge on any atom is -0.387 e. The number of para-hydroxylation sites is 1. The van der Waals surface area contributed by atoms with Crippen molar-refractivity contribution in [2.75, 3.05) is 11.4 Å². The summed E-state index contributed by atoms with van der Waals surface area (Å²) in [7, 11) is 0. The molecule has 0 aliphatic heterocycles. The fraction of sp³-hybridized carbons (Fsp3) is 0.269. The summed E-state index contributed by atoms with van der Waals surface area (Å²) in [5.41, 5.74) is -1.40. The highest BCUT2D eigenvalue weighted by Crippen LogP contribution is 2.38. The van der Waals surface area contributed by atoms with Crippen LogP contribution < -0.4 is 10.2 Å². The Kier molecular flexibility index (Phi) is 8.10. The van der Waals surface area contributed by atoms with Gasteiger partial charge in [-0.25, -0.2) is 4.98 Å². The van der Waals surface area contributed by atoms with Crippen molar-refractivity contribution >= 4 is 16.6 Å². The molecule has 0 saturated heterocycles. The maximum Gasteiger partial charge on any atom is 0.433 e. The molecule has 0 bridgehead atoms. The average molecular weight is 509 g/mol. The predicted molar refractivity (Wildman–Crippen MR) is 127 cm³/mol. The van der Waals surface area contributed by atoms with Crippen molar-refractivity contribution in [3.8, 4) is 0 Å². The van der Waals surface area contributed by atoms with E-state index in [-0.39, 0.29) is 24.0 Å². The van der Waals surface area contributed by atoms with Crippen LogP contribution in [0.5, 0.6) is 0 Å². The molecule has 1 aromatic heterocycles. The number of aromatic nitrogens is 1. The first kappa shape index (κ1) is 27.2. The normalized spacial score (nSPS) is 13.4. The topological polar surface area (TPSA) is 48.4 Å². The zero-order valence-corrected chi connectivity index (χ0v) is 19.6. The number of fused-ring (bicyclic) bond motifs is 1. The SMILES string of the molecule is C=C(C)N(/C=C\C)c1ccc(CNCC(O)c2cc(C(F)(F)F)nc3c(C(F)(F)F)cccc23)cc1. The van der Waals surface area contributed by atoms with Gasteiger partial charge >= 0.3 is 12.4 Å². The second-order valence-electron chi connectivity index (χ2n) is 8.19. The van der Waals surface area contributed by atoms with Crippen LogP contribution in [0.15, 0.2) is 73.1 Å². The third-order valence-electron chi connectivity index (χ3n) is 5.42. The van der Waals surface area contributed by atoms with Crippen LogP contribution in [0.25, 0.3) is 10.9 Å². The molecule has 192 valence electrons. The Bertz CT molecular complexity index is 1250. The standard InChI is InChI=1S/C26H25F6N3O/c1-4-12-35(16(2)3)18-10-8-17(9-11-18)14-33-15-22(36)20-13-23(26(30,31)32)34-24-19(20)6-5-7-21(24)25(27,28)29/h4-13,22,33,36H,2,14-15H2,1,3H3/b12-4-. The Morgan fingerprint density at radius 1 is 1.08 bits per heavy atom. The molecule has 1 heterocycles. The van der Waals surface area contributed by atoms with E-state index in [2.05, 4.69) is 16.9 Å². The fourth-order valence-electron chi connectivity index (χ4n) is 3.74. The smallest absolute Gasteiger partial charge is 0.387 e. The summed E-state index contributed by atoms with van der Waals surface area (Å²) in [5.74, 6) is 0. The molecule has 0 saturated carbocycles. The second kappa shape index (κ2) is 10.7. The molecule has 4 nitrogen and oxygen atoms in total. The number of benzene rings is 2. The van der Waals surface area contributed by atoms with Crippen molar-refractivity contribution in [2.45, 2.75) is 38.8 Å². The molecule has 3 rings (SSSR count). The minimum atomic E-state index is -4.98. The lowest BCUT2D eigenvalue weighted by molar-refractivity contribution is -0.142. The van der Waals surface area contributed by atoms with Gasteiger partial charge in [0.25, 0.3) is 0 Å². The van der Waals surface area contributed by atoms with Crippen LogP contribution >= 0.6 is 0 Å². The minimum absolute atomic E-state index is 0.190. The monoisotopic (exact) mass is 509 g/mol. The van der Waals surface area contributed by atoms with E-state index in [0.717, 1.165) is 23.0 Å². The number of aliphatic hydroxyl groups excluding tert-OH is 1. The number of allylic oxidation sites excluding steroid dienone is 2. The highest BCUT2D eigenvalue weighted by Gasteiger charge is 2.37. The number of nitrogens with one attached hydrogen (secondary N) is 1. The third kappa shape index (κ3) is 6.24. The van der Waals surface area contributed by atoms with Gasteiger partial charge in [0.1, 0.15) is 5.69 Å². The van der Waals surface area contributed by atoms with Gasteiger partial charge in [-0.3, -0.25) is 0 Å². The van der Waals surface area contributed by atoms with Gasteiger partial charge in [-0.2, -0.15) is 26.3 Å². The Balaban J connectivity index is 1.83. The van der Waals surface area contributed by atoms with E-state index in [9.17, 15) is 31.4 Å². The van der Waals surface area contributed by atoms with Crippen molar-refractivity contribution in [1.29, 1.82) is 0 Å². The molecule has 10 heteroatoms. The van der Waals surface area contributed by atoms with Gasteiger partial charge in [0.15, 0.2) is 0 Å². The zero-order valence-electron chi connectivity index (χ0n) is 19.6. The lowest BCUT2D eigenvalue weighted by Crippen LogP contribution is -2.22.